The Balaban J connectivity index is 2.78. The van der Waals surface area contributed by atoms with Crippen LogP contribution >= 0.6 is 0 Å². The number of carbonyl (C=O) groups excluding carboxylic acids is 1. The third-order valence-corrected chi connectivity index (χ3v) is 3.95. The summed E-state index contributed by atoms with van der Waals surface area (Å²) in [5, 5.41) is 0. The summed E-state index contributed by atoms with van der Waals surface area (Å²) in [7, 11) is 4.27. The molecule has 0 saturated heterocycles. The summed E-state index contributed by atoms with van der Waals surface area (Å²) in [6.07, 6.45) is 4.41. The molecule has 0 amide bonds. The number of nitrogens with zero attached hydrogens (tertiary/aromatic N) is 1. The molecule has 0 atom stereocenters. The van der Waals surface area contributed by atoms with Gasteiger partial charge < -0.3 is 14.2 Å². The first-order chi connectivity index (χ1) is 10.1. The molecule has 1 aromatic carbocycles. The van der Waals surface area contributed by atoms with E-state index in [1.54, 1.807) is 6.08 Å². The van der Waals surface area contributed by atoms with Gasteiger partial charge in [-0.15, -0.1) is 0 Å². The van der Waals surface area contributed by atoms with Gasteiger partial charge in [0.2, 0.25) is 6.08 Å². The fourth-order valence-electron chi connectivity index (χ4n) is 2.98. The van der Waals surface area contributed by atoms with Gasteiger partial charge in [-0.2, -0.15) is 4.99 Å². The molecule has 6 heteroatoms. The van der Waals surface area contributed by atoms with Crippen molar-refractivity contribution in [2.75, 3.05) is 21.3 Å². The van der Waals surface area contributed by atoms with Crippen LogP contribution in [0, 0.1) is 5.82 Å². The zero-order valence-corrected chi connectivity index (χ0v) is 12.4. The topological polar surface area (TPSA) is 57.1 Å². The van der Waals surface area contributed by atoms with E-state index in [1.165, 1.54) is 27.4 Å². The summed E-state index contributed by atoms with van der Waals surface area (Å²) in [6, 6.07) is 1.42. The third-order valence-electron chi connectivity index (χ3n) is 3.95. The fraction of sp³-hybridized carbons (Fsp3) is 0.533. The van der Waals surface area contributed by atoms with Gasteiger partial charge in [0.15, 0.2) is 23.1 Å². The first-order valence-electron chi connectivity index (χ1n) is 6.71. The van der Waals surface area contributed by atoms with Gasteiger partial charge >= 0.3 is 0 Å². The van der Waals surface area contributed by atoms with Gasteiger partial charge in [0.1, 0.15) is 5.54 Å². The Kier molecular flexibility index (Phi) is 4.48. The number of ether oxygens (including phenoxy) is 3. The van der Waals surface area contributed by atoms with Crippen LogP contribution in [0.5, 0.6) is 17.2 Å². The van der Waals surface area contributed by atoms with Crippen molar-refractivity contribution in [3.8, 4) is 17.2 Å². The molecule has 0 radical (unpaired) electrons. The standard InChI is InChI=1S/C15H18FNO4/c1-19-10-8-11(20-2)14(21-3)12(13(10)16)15(17-9-18)6-4-5-7-15/h8H,4-7H2,1-3H3. The monoisotopic (exact) mass is 295 g/mol. The molecule has 0 N–H and O–H groups in total. The highest BCUT2D eigenvalue weighted by Gasteiger charge is 2.42. The highest BCUT2D eigenvalue weighted by atomic mass is 19.1. The van der Waals surface area contributed by atoms with Crippen molar-refractivity contribution in [3.05, 3.63) is 17.4 Å². The normalized spacial score (nSPS) is 16.2. The van der Waals surface area contributed by atoms with Crippen LogP contribution in [0.25, 0.3) is 0 Å². The van der Waals surface area contributed by atoms with E-state index in [-0.39, 0.29) is 17.1 Å². The van der Waals surface area contributed by atoms with Gasteiger partial charge in [-0.1, -0.05) is 12.8 Å². The molecule has 0 unspecified atom stereocenters. The van der Waals surface area contributed by atoms with Crippen LogP contribution in [-0.2, 0) is 10.3 Å². The van der Waals surface area contributed by atoms with Gasteiger partial charge in [-0.3, -0.25) is 0 Å². The lowest BCUT2D eigenvalue weighted by Crippen LogP contribution is -2.22. The number of hydrogen-bond acceptors (Lipinski definition) is 5. The molecular weight excluding hydrogens is 277 g/mol. The number of isocyanates is 1. The van der Waals surface area contributed by atoms with Gasteiger partial charge in [-0.05, 0) is 12.8 Å². The Morgan fingerprint density at radius 2 is 1.76 bits per heavy atom. The first kappa shape index (κ1) is 15.3. The van der Waals surface area contributed by atoms with Crippen LogP contribution < -0.4 is 14.2 Å². The second-order valence-corrected chi connectivity index (χ2v) is 4.95. The van der Waals surface area contributed by atoms with E-state index < -0.39 is 11.4 Å². The van der Waals surface area contributed by atoms with E-state index in [9.17, 15) is 9.18 Å². The summed E-state index contributed by atoms with van der Waals surface area (Å²) in [4.78, 5) is 14.8. The average molecular weight is 295 g/mol. The zero-order chi connectivity index (χ0) is 15.5. The minimum atomic E-state index is -0.959. The second-order valence-electron chi connectivity index (χ2n) is 4.95. The van der Waals surface area contributed by atoms with Crippen molar-refractivity contribution in [3.63, 3.8) is 0 Å². The fourth-order valence-corrected chi connectivity index (χ4v) is 2.98. The zero-order valence-electron chi connectivity index (χ0n) is 12.4. The van der Waals surface area contributed by atoms with Gasteiger partial charge in [0.25, 0.3) is 0 Å². The summed E-state index contributed by atoms with van der Waals surface area (Å²) < 4.78 is 30.4. The Hall–Kier alpha value is -2.07. The van der Waals surface area contributed by atoms with Crippen LogP contribution in [0.1, 0.15) is 31.2 Å². The van der Waals surface area contributed by atoms with Crippen LogP contribution in [-0.4, -0.2) is 27.4 Å². The van der Waals surface area contributed by atoms with Crippen molar-refractivity contribution in [1.29, 1.82) is 0 Å². The number of halogens is 1. The lowest BCUT2D eigenvalue weighted by Gasteiger charge is -2.27. The number of rotatable bonds is 5. The van der Waals surface area contributed by atoms with Crippen molar-refractivity contribution in [1.82, 2.24) is 0 Å². The van der Waals surface area contributed by atoms with Gasteiger partial charge in [0.05, 0.1) is 26.9 Å². The number of aliphatic imine (C=N–C) groups is 1. The average Bonchev–Trinajstić information content (AvgIpc) is 2.96. The molecule has 5 nitrogen and oxygen atoms in total. The number of hydrogen-bond donors (Lipinski definition) is 0. The van der Waals surface area contributed by atoms with E-state index in [2.05, 4.69) is 4.99 Å². The molecule has 1 aliphatic rings. The van der Waals surface area contributed by atoms with Crippen molar-refractivity contribution >= 4 is 6.08 Å². The number of benzene rings is 1. The summed E-state index contributed by atoms with van der Waals surface area (Å²) in [6.45, 7) is 0. The Bertz CT molecular complexity index is 576. The molecule has 0 aliphatic heterocycles. The van der Waals surface area contributed by atoms with E-state index in [4.69, 9.17) is 14.2 Å². The van der Waals surface area contributed by atoms with Gasteiger partial charge in [-0.25, -0.2) is 9.18 Å². The molecule has 21 heavy (non-hydrogen) atoms. The first-order valence-corrected chi connectivity index (χ1v) is 6.71. The van der Waals surface area contributed by atoms with E-state index in [0.29, 0.717) is 18.6 Å². The van der Waals surface area contributed by atoms with E-state index in [1.807, 2.05) is 0 Å². The lowest BCUT2D eigenvalue weighted by atomic mass is 9.87. The van der Waals surface area contributed by atoms with E-state index in [0.717, 1.165) is 12.8 Å². The highest BCUT2D eigenvalue weighted by Crippen LogP contribution is 2.51. The van der Waals surface area contributed by atoms with Gasteiger partial charge in [0, 0.05) is 6.07 Å². The molecule has 1 aromatic rings. The summed E-state index contributed by atoms with van der Waals surface area (Å²) in [5.41, 5.74) is -0.749. The predicted molar refractivity (Wildman–Crippen MR) is 74.3 cm³/mol. The van der Waals surface area contributed by atoms with Crippen LogP contribution in [0.2, 0.25) is 0 Å². The maximum absolute atomic E-state index is 14.8. The Morgan fingerprint density at radius 1 is 1.14 bits per heavy atom. The molecule has 1 saturated carbocycles. The summed E-state index contributed by atoms with van der Waals surface area (Å²) in [5.74, 6) is 0.0564. The van der Waals surface area contributed by atoms with Crippen LogP contribution in [0.3, 0.4) is 0 Å². The molecule has 1 aliphatic carbocycles. The largest absolute Gasteiger partial charge is 0.494 e. The lowest BCUT2D eigenvalue weighted by molar-refractivity contribution is 0.315. The Labute approximate surface area is 122 Å². The highest BCUT2D eigenvalue weighted by molar-refractivity contribution is 5.57. The van der Waals surface area contributed by atoms with Crippen molar-refractivity contribution < 1.29 is 23.4 Å². The molecule has 0 spiro atoms. The quantitative estimate of drug-likeness (QED) is 0.619. The molecule has 0 aromatic heterocycles. The molecule has 0 bridgehead atoms. The molecule has 0 heterocycles. The minimum absolute atomic E-state index is 0.0371. The minimum Gasteiger partial charge on any atom is -0.494 e. The molecular formula is C15H18FNO4. The van der Waals surface area contributed by atoms with Crippen molar-refractivity contribution in [2.24, 2.45) is 4.99 Å². The van der Waals surface area contributed by atoms with Crippen LogP contribution in [0.4, 0.5) is 4.39 Å². The molecule has 114 valence electrons. The molecule has 1 fully saturated rings. The smallest absolute Gasteiger partial charge is 0.235 e. The SMILES string of the molecule is COc1cc(OC)c(OC)c(C2(N=C=O)CCCC2)c1F. The third kappa shape index (κ3) is 2.47. The van der Waals surface area contributed by atoms with Crippen LogP contribution in [0.15, 0.2) is 11.1 Å². The Morgan fingerprint density at radius 3 is 2.24 bits per heavy atom. The van der Waals surface area contributed by atoms with Crippen molar-refractivity contribution in [2.45, 2.75) is 31.2 Å². The molecule has 2 rings (SSSR count). The summed E-state index contributed by atoms with van der Waals surface area (Å²) >= 11 is 0. The van der Waals surface area contributed by atoms with E-state index >= 15 is 0 Å². The maximum Gasteiger partial charge on any atom is 0.235 e. The predicted octanol–water partition coefficient (Wildman–Crippen LogP) is 2.96. The number of methoxy groups -OCH3 is 3. The second kappa shape index (κ2) is 6.14. The maximum atomic E-state index is 14.8.